The minimum absolute atomic E-state index is 0.124. The molecule has 0 aromatic heterocycles. The molecule has 9 heteroatoms. The molecule has 2 heterocycles. The van der Waals surface area contributed by atoms with Crippen molar-refractivity contribution in [3.63, 3.8) is 0 Å². The van der Waals surface area contributed by atoms with Crippen molar-refractivity contribution < 1.29 is 28.7 Å². The summed E-state index contributed by atoms with van der Waals surface area (Å²) in [7, 11) is 1.58. The average Bonchev–Trinajstić information content (AvgIpc) is 3.56. The third-order valence-corrected chi connectivity index (χ3v) is 8.44. The Balaban J connectivity index is 1.34. The smallest absolute Gasteiger partial charge is 0.329 e. The molecule has 234 valence electrons. The molecule has 5 rings (SSSR count). The van der Waals surface area contributed by atoms with Crippen LogP contribution in [0.2, 0.25) is 0 Å². The zero-order valence-electron chi connectivity index (χ0n) is 26.1. The van der Waals surface area contributed by atoms with Crippen LogP contribution in [0.5, 0.6) is 5.75 Å². The highest BCUT2D eigenvalue weighted by molar-refractivity contribution is 6.19. The van der Waals surface area contributed by atoms with E-state index in [1.54, 1.807) is 31.1 Å². The Morgan fingerprint density at radius 2 is 1.58 bits per heavy atom. The molecule has 3 aromatic carbocycles. The molecule has 1 unspecified atom stereocenters. The molecule has 0 spiro atoms. The van der Waals surface area contributed by atoms with Crippen LogP contribution in [0.4, 0.5) is 5.69 Å². The van der Waals surface area contributed by atoms with Crippen LogP contribution in [-0.2, 0) is 30.5 Å². The number of amides is 3. The first kappa shape index (κ1) is 31.5. The summed E-state index contributed by atoms with van der Waals surface area (Å²) in [6, 6.07) is 24.0. The molecule has 0 radical (unpaired) electrons. The molecule has 2 aliphatic heterocycles. The third-order valence-electron chi connectivity index (χ3n) is 8.44. The van der Waals surface area contributed by atoms with Crippen LogP contribution in [0.1, 0.15) is 50.8 Å². The zero-order chi connectivity index (χ0) is 32.1. The first-order valence-electron chi connectivity index (χ1n) is 15.3. The lowest BCUT2D eigenvalue weighted by Gasteiger charge is -2.44. The summed E-state index contributed by atoms with van der Waals surface area (Å²) in [6.45, 7) is 5.83. The van der Waals surface area contributed by atoms with E-state index in [-0.39, 0.29) is 29.9 Å². The van der Waals surface area contributed by atoms with Gasteiger partial charge in [-0.15, -0.1) is 0 Å². The van der Waals surface area contributed by atoms with Gasteiger partial charge in [-0.1, -0.05) is 74.5 Å². The van der Waals surface area contributed by atoms with E-state index >= 15 is 0 Å². The van der Waals surface area contributed by atoms with Crippen LogP contribution in [0.3, 0.4) is 0 Å². The van der Waals surface area contributed by atoms with E-state index in [2.05, 4.69) is 5.32 Å². The zero-order valence-corrected chi connectivity index (χ0v) is 26.1. The maximum atomic E-state index is 13.8. The number of anilines is 1. The molecule has 3 aromatic rings. The number of hydrogen-bond acceptors (Lipinski definition) is 6. The van der Waals surface area contributed by atoms with Gasteiger partial charge < -0.3 is 19.7 Å². The van der Waals surface area contributed by atoms with E-state index in [1.165, 1.54) is 4.90 Å². The number of hydrogen-bond donors (Lipinski definition) is 1. The maximum absolute atomic E-state index is 13.8. The largest absolute Gasteiger partial charge is 0.497 e. The van der Waals surface area contributed by atoms with Gasteiger partial charge in [0.05, 0.1) is 18.7 Å². The number of rotatable bonds is 10. The van der Waals surface area contributed by atoms with Crippen molar-refractivity contribution in [2.75, 3.05) is 18.6 Å². The number of methoxy groups -OCH3 is 1. The molecule has 0 aliphatic carbocycles. The van der Waals surface area contributed by atoms with Crippen molar-refractivity contribution in [1.29, 1.82) is 0 Å². The summed E-state index contributed by atoms with van der Waals surface area (Å²) in [6.07, 6.45) is 1.16. The lowest BCUT2D eigenvalue weighted by molar-refractivity contribution is -0.155. The second kappa shape index (κ2) is 13.8. The van der Waals surface area contributed by atoms with Gasteiger partial charge in [-0.05, 0) is 61.1 Å². The summed E-state index contributed by atoms with van der Waals surface area (Å²) in [5, 5.41) is 2.89. The van der Waals surface area contributed by atoms with Crippen LogP contribution < -0.4 is 15.0 Å². The first-order valence-corrected chi connectivity index (χ1v) is 15.3. The third kappa shape index (κ3) is 6.62. The lowest BCUT2D eigenvalue weighted by Crippen LogP contribution is -2.55. The van der Waals surface area contributed by atoms with Gasteiger partial charge in [0.25, 0.3) is 5.91 Å². The van der Waals surface area contributed by atoms with E-state index in [0.717, 1.165) is 11.1 Å². The van der Waals surface area contributed by atoms with Gasteiger partial charge in [0, 0.05) is 17.8 Å². The average molecular weight is 610 g/mol. The minimum Gasteiger partial charge on any atom is -0.497 e. The highest BCUT2D eigenvalue weighted by atomic mass is 16.5. The molecule has 9 nitrogen and oxygen atoms in total. The summed E-state index contributed by atoms with van der Waals surface area (Å²) in [4.78, 5) is 57.4. The van der Waals surface area contributed by atoms with E-state index in [1.807, 2.05) is 86.6 Å². The maximum Gasteiger partial charge on any atom is 0.329 e. The molecule has 2 aliphatic rings. The fourth-order valence-corrected chi connectivity index (χ4v) is 5.92. The molecular formula is C36H39N3O6. The van der Waals surface area contributed by atoms with Crippen LogP contribution in [-0.4, -0.2) is 54.3 Å². The lowest BCUT2D eigenvalue weighted by atomic mass is 9.84. The number of nitrogens with zero attached hydrogens (tertiary/aromatic N) is 2. The van der Waals surface area contributed by atoms with E-state index in [0.29, 0.717) is 36.4 Å². The number of benzene rings is 3. The Kier molecular flexibility index (Phi) is 9.66. The molecular weight excluding hydrogens is 570 g/mol. The van der Waals surface area contributed by atoms with Crippen molar-refractivity contribution >= 4 is 29.4 Å². The molecule has 2 fully saturated rings. The van der Waals surface area contributed by atoms with Gasteiger partial charge in [0.2, 0.25) is 11.8 Å². The van der Waals surface area contributed by atoms with Gasteiger partial charge in [-0.25, -0.2) is 4.79 Å². The normalized spacial score (nSPS) is 19.5. The topological polar surface area (TPSA) is 105 Å². The molecule has 45 heavy (non-hydrogen) atoms. The molecule has 3 atom stereocenters. The second-order valence-corrected chi connectivity index (χ2v) is 11.7. The summed E-state index contributed by atoms with van der Waals surface area (Å²) in [5.74, 6) is -1.17. The van der Waals surface area contributed by atoms with Crippen LogP contribution in [0.25, 0.3) is 0 Å². The van der Waals surface area contributed by atoms with Crippen molar-refractivity contribution in [3.05, 3.63) is 107 Å². The molecule has 0 saturated carbocycles. The van der Waals surface area contributed by atoms with Gasteiger partial charge in [-0.2, -0.15) is 0 Å². The molecule has 2 saturated heterocycles. The molecule has 0 bridgehead atoms. The Bertz CT molecular complexity index is 1570. The van der Waals surface area contributed by atoms with Crippen molar-refractivity contribution in [2.45, 2.75) is 58.3 Å². The Morgan fingerprint density at radius 1 is 0.933 bits per heavy atom. The van der Waals surface area contributed by atoms with E-state index < -0.39 is 30.0 Å². The van der Waals surface area contributed by atoms with Crippen molar-refractivity contribution in [2.24, 2.45) is 5.92 Å². The number of esters is 1. The number of likely N-dealkylation sites (tertiary alicyclic amines) is 1. The number of carbonyl (C=O) groups excluding carboxylic acids is 4. The molecule has 3 amide bonds. The predicted molar refractivity (Wildman–Crippen MR) is 170 cm³/mol. The van der Waals surface area contributed by atoms with Gasteiger partial charge >= 0.3 is 5.97 Å². The monoisotopic (exact) mass is 609 g/mol. The number of nitrogens with one attached hydrogen (secondary N) is 1. The number of β-lactam (4-membered cyclic amide) rings is 1. The highest BCUT2D eigenvalue weighted by Crippen LogP contribution is 2.44. The summed E-state index contributed by atoms with van der Waals surface area (Å²) >= 11 is 0. The quantitative estimate of drug-likeness (QED) is 0.198. The van der Waals surface area contributed by atoms with Gasteiger partial charge in [0.15, 0.2) is 0 Å². The van der Waals surface area contributed by atoms with Crippen LogP contribution in [0.15, 0.2) is 96.1 Å². The fraction of sp³-hybridized carbons (Fsp3) is 0.333. The number of carbonyl (C=O) groups is 4. The molecule has 1 N–H and O–H groups in total. The Hall–Kier alpha value is -4.92. The standard InChI is InChI=1S/C36H39N3O6/c1-23(2)31(35(42)38-21-11-16-29(38)36(43)45-22-25-12-7-5-8-13-25)37-33(40)24(3)30-32(26-14-9-6-10-15-26)39(34(30)41)27-17-19-28(44-4)20-18-27/h5-10,12-15,17-20,23,29,31-32H,11,16,21-22H2,1-4H3,(H,37,40)/b30-24+/t29-,31-,32?/m0/s1. The first-order chi connectivity index (χ1) is 21.7. The summed E-state index contributed by atoms with van der Waals surface area (Å²) < 4.78 is 10.8. The Morgan fingerprint density at radius 3 is 2.20 bits per heavy atom. The highest BCUT2D eigenvalue weighted by Gasteiger charge is 2.47. The van der Waals surface area contributed by atoms with E-state index in [4.69, 9.17) is 9.47 Å². The number of ether oxygens (including phenoxy) is 2. The van der Waals surface area contributed by atoms with Crippen molar-refractivity contribution in [3.8, 4) is 5.75 Å². The van der Waals surface area contributed by atoms with Crippen LogP contribution in [0, 0.1) is 5.92 Å². The van der Waals surface area contributed by atoms with Crippen molar-refractivity contribution in [1.82, 2.24) is 10.2 Å². The minimum atomic E-state index is -0.890. The predicted octanol–water partition coefficient (Wildman–Crippen LogP) is 4.97. The summed E-state index contributed by atoms with van der Waals surface area (Å²) in [5.41, 5.74) is 3.02. The Labute approximate surface area is 263 Å². The van der Waals surface area contributed by atoms with Gasteiger partial charge in [-0.3, -0.25) is 19.3 Å². The van der Waals surface area contributed by atoms with Crippen LogP contribution >= 0.6 is 0 Å². The second-order valence-electron chi connectivity index (χ2n) is 11.7. The van der Waals surface area contributed by atoms with E-state index in [9.17, 15) is 19.2 Å². The SMILES string of the molecule is COc1ccc(N2C(=O)/C(=C(\C)C(=O)N[C@H](C(=O)N3CCC[C@H]3C(=O)OCc3ccccc3)C(C)C)C2c2ccccc2)cc1. The van der Waals surface area contributed by atoms with Gasteiger partial charge in [0.1, 0.15) is 24.4 Å². The fourth-order valence-electron chi connectivity index (χ4n) is 5.92.